The van der Waals surface area contributed by atoms with Gasteiger partial charge in [-0.3, -0.25) is 9.59 Å². The Kier molecular flexibility index (Phi) is 5.87. The van der Waals surface area contributed by atoms with Gasteiger partial charge in [0.05, 0.1) is 13.2 Å². The molecule has 1 fully saturated rings. The van der Waals surface area contributed by atoms with Crippen LogP contribution in [-0.2, 0) is 9.53 Å². The number of ether oxygens (including phenoxy) is 1. The molecule has 3 rings (SSSR count). The summed E-state index contributed by atoms with van der Waals surface area (Å²) in [6.07, 6.45) is 3.01. The molecule has 7 heteroatoms. The van der Waals surface area contributed by atoms with Crippen molar-refractivity contribution >= 4 is 46.2 Å². The zero-order valence-corrected chi connectivity index (χ0v) is 15.6. The Morgan fingerprint density at radius 1 is 1.08 bits per heavy atom. The van der Waals surface area contributed by atoms with E-state index in [2.05, 4.69) is 27.9 Å². The fourth-order valence-electron chi connectivity index (χ4n) is 2.40. The molecule has 0 spiro atoms. The number of hydrogen-bond donors (Lipinski definition) is 1. The number of carbonyl (C=O) groups excluding carboxylic acids is 2. The van der Waals surface area contributed by atoms with E-state index in [-0.39, 0.29) is 11.8 Å². The van der Waals surface area contributed by atoms with Crippen LogP contribution in [0.3, 0.4) is 0 Å². The van der Waals surface area contributed by atoms with Crippen LogP contribution in [0.5, 0.6) is 0 Å². The van der Waals surface area contributed by atoms with Gasteiger partial charge in [0.25, 0.3) is 5.91 Å². The van der Waals surface area contributed by atoms with E-state index in [0.29, 0.717) is 43.3 Å². The molecule has 0 unspecified atom stereocenters. The zero-order valence-electron chi connectivity index (χ0n) is 13.4. The standard InChI is InChI=1S/C18H17IN2O4/c19-16-7-5-15(25-16)6-8-17(22)20-14-3-1-13(2-4-14)18(23)21-9-11-24-12-10-21/h1-8H,9-12H2,(H,20,22)/b8-6+. The number of anilines is 1. The molecule has 2 aromatic rings. The van der Waals surface area contributed by atoms with Crippen LogP contribution in [0.25, 0.3) is 6.08 Å². The van der Waals surface area contributed by atoms with Crippen LogP contribution in [-0.4, -0.2) is 43.0 Å². The van der Waals surface area contributed by atoms with Gasteiger partial charge in [0.2, 0.25) is 5.91 Å². The molecule has 0 aliphatic carbocycles. The SMILES string of the molecule is O=C(/C=C/c1ccc(I)o1)Nc1ccc(C(=O)N2CCOCC2)cc1. The zero-order chi connectivity index (χ0) is 17.6. The Morgan fingerprint density at radius 3 is 2.44 bits per heavy atom. The van der Waals surface area contributed by atoms with Crippen LogP contribution < -0.4 is 5.32 Å². The Morgan fingerprint density at radius 2 is 1.80 bits per heavy atom. The first-order chi connectivity index (χ1) is 12.1. The number of rotatable bonds is 4. The van der Waals surface area contributed by atoms with E-state index in [9.17, 15) is 9.59 Å². The predicted octanol–water partition coefficient (Wildman–Crippen LogP) is 3.01. The van der Waals surface area contributed by atoms with Gasteiger partial charge in [0.1, 0.15) is 5.76 Å². The minimum absolute atomic E-state index is 0.0199. The Balaban J connectivity index is 1.57. The van der Waals surface area contributed by atoms with Crippen LogP contribution in [0.4, 0.5) is 5.69 Å². The maximum absolute atomic E-state index is 12.4. The van der Waals surface area contributed by atoms with Gasteiger partial charge in [0, 0.05) is 30.4 Å². The molecule has 25 heavy (non-hydrogen) atoms. The minimum atomic E-state index is -0.265. The van der Waals surface area contributed by atoms with Crippen molar-refractivity contribution in [2.45, 2.75) is 0 Å². The van der Waals surface area contributed by atoms with Crippen LogP contribution in [0.1, 0.15) is 16.1 Å². The molecule has 6 nitrogen and oxygen atoms in total. The van der Waals surface area contributed by atoms with E-state index >= 15 is 0 Å². The van der Waals surface area contributed by atoms with E-state index in [1.165, 1.54) is 6.08 Å². The second-order valence-corrected chi connectivity index (χ2v) is 6.51. The third-order valence-corrected chi connectivity index (χ3v) is 4.27. The predicted molar refractivity (Wildman–Crippen MR) is 102 cm³/mol. The second kappa shape index (κ2) is 8.30. The fourth-order valence-corrected chi connectivity index (χ4v) is 2.84. The van der Waals surface area contributed by atoms with Gasteiger partial charge < -0.3 is 19.4 Å². The average Bonchev–Trinajstić information content (AvgIpc) is 3.06. The van der Waals surface area contributed by atoms with Gasteiger partial charge in [-0.2, -0.15) is 0 Å². The third kappa shape index (κ3) is 4.93. The smallest absolute Gasteiger partial charge is 0.254 e. The van der Waals surface area contributed by atoms with Gasteiger partial charge in [-0.05, 0) is 65.1 Å². The molecule has 0 bridgehead atoms. The van der Waals surface area contributed by atoms with Gasteiger partial charge in [-0.25, -0.2) is 0 Å². The maximum Gasteiger partial charge on any atom is 0.254 e. The number of carbonyl (C=O) groups is 2. The molecule has 0 saturated carbocycles. The van der Waals surface area contributed by atoms with Crippen molar-refractivity contribution in [1.29, 1.82) is 0 Å². The molecule has 1 aliphatic heterocycles. The molecule has 2 heterocycles. The fraction of sp³-hybridized carbons (Fsp3) is 0.222. The molecule has 2 amide bonds. The largest absolute Gasteiger partial charge is 0.451 e. The molecule has 1 aromatic carbocycles. The lowest BCUT2D eigenvalue weighted by atomic mass is 10.1. The van der Waals surface area contributed by atoms with Crippen molar-refractivity contribution in [3.8, 4) is 0 Å². The normalized spacial score (nSPS) is 14.7. The van der Waals surface area contributed by atoms with Crippen LogP contribution in [0.15, 0.2) is 46.9 Å². The van der Waals surface area contributed by atoms with E-state index < -0.39 is 0 Å². The second-order valence-electron chi connectivity index (χ2n) is 5.45. The Bertz CT molecular complexity index is 777. The van der Waals surface area contributed by atoms with E-state index in [4.69, 9.17) is 9.15 Å². The molecule has 1 N–H and O–H groups in total. The first-order valence-electron chi connectivity index (χ1n) is 7.83. The number of nitrogens with zero attached hydrogens (tertiary/aromatic N) is 1. The highest BCUT2D eigenvalue weighted by Gasteiger charge is 2.18. The number of morpholine rings is 1. The van der Waals surface area contributed by atoms with Crippen molar-refractivity contribution in [2.24, 2.45) is 0 Å². The molecule has 130 valence electrons. The number of hydrogen-bond acceptors (Lipinski definition) is 4. The van der Waals surface area contributed by atoms with Crippen molar-refractivity contribution in [3.05, 3.63) is 57.6 Å². The lowest BCUT2D eigenvalue weighted by Crippen LogP contribution is -2.40. The lowest BCUT2D eigenvalue weighted by Gasteiger charge is -2.26. The van der Waals surface area contributed by atoms with Crippen molar-refractivity contribution in [3.63, 3.8) is 0 Å². The summed E-state index contributed by atoms with van der Waals surface area (Å²) in [6.45, 7) is 2.35. The number of amides is 2. The highest BCUT2D eigenvalue weighted by Crippen LogP contribution is 2.14. The van der Waals surface area contributed by atoms with Crippen molar-refractivity contribution < 1.29 is 18.7 Å². The van der Waals surface area contributed by atoms with Crippen LogP contribution in [0.2, 0.25) is 0 Å². The number of benzene rings is 1. The first kappa shape index (κ1) is 17.7. The molecule has 1 saturated heterocycles. The van der Waals surface area contributed by atoms with Crippen molar-refractivity contribution in [1.82, 2.24) is 4.90 Å². The number of halogens is 1. The van der Waals surface area contributed by atoms with Gasteiger partial charge in [-0.15, -0.1) is 0 Å². The minimum Gasteiger partial charge on any atom is -0.451 e. The van der Waals surface area contributed by atoms with E-state index in [0.717, 1.165) is 3.77 Å². The summed E-state index contributed by atoms with van der Waals surface area (Å²) in [5.41, 5.74) is 1.22. The maximum atomic E-state index is 12.4. The summed E-state index contributed by atoms with van der Waals surface area (Å²) >= 11 is 2.06. The lowest BCUT2D eigenvalue weighted by molar-refractivity contribution is -0.111. The number of furan rings is 1. The number of nitrogens with one attached hydrogen (secondary N) is 1. The highest BCUT2D eigenvalue weighted by atomic mass is 127. The monoisotopic (exact) mass is 452 g/mol. The summed E-state index contributed by atoms with van der Waals surface area (Å²) in [5, 5.41) is 2.75. The quantitative estimate of drug-likeness (QED) is 0.572. The summed E-state index contributed by atoms with van der Waals surface area (Å²) < 4.78 is 11.4. The summed E-state index contributed by atoms with van der Waals surface area (Å²) in [6, 6.07) is 10.5. The van der Waals surface area contributed by atoms with Gasteiger partial charge >= 0.3 is 0 Å². The summed E-state index contributed by atoms with van der Waals surface area (Å²) in [5.74, 6) is 0.332. The Hall–Kier alpha value is -2.13. The van der Waals surface area contributed by atoms with E-state index in [1.54, 1.807) is 41.3 Å². The highest BCUT2D eigenvalue weighted by molar-refractivity contribution is 14.1. The Labute approximate surface area is 159 Å². The average molecular weight is 452 g/mol. The molecule has 1 aromatic heterocycles. The van der Waals surface area contributed by atoms with Crippen molar-refractivity contribution in [2.75, 3.05) is 31.6 Å². The van der Waals surface area contributed by atoms with Gasteiger partial charge in [-0.1, -0.05) is 0 Å². The molecular formula is C18H17IN2O4. The summed E-state index contributed by atoms with van der Waals surface area (Å²) in [4.78, 5) is 26.1. The van der Waals surface area contributed by atoms with E-state index in [1.807, 2.05) is 6.07 Å². The molecule has 0 radical (unpaired) electrons. The molecule has 1 aliphatic rings. The molecule has 0 atom stereocenters. The van der Waals surface area contributed by atoms with Crippen LogP contribution in [0, 0.1) is 3.77 Å². The topological polar surface area (TPSA) is 71.8 Å². The van der Waals surface area contributed by atoms with Gasteiger partial charge in [0.15, 0.2) is 3.77 Å². The molecular weight excluding hydrogens is 435 g/mol. The van der Waals surface area contributed by atoms with Crippen LogP contribution >= 0.6 is 22.6 Å². The summed E-state index contributed by atoms with van der Waals surface area (Å²) in [7, 11) is 0. The third-order valence-electron chi connectivity index (χ3n) is 3.69. The first-order valence-corrected chi connectivity index (χ1v) is 8.91.